The molecular weight excluding hydrogens is 386 g/mol. The van der Waals surface area contributed by atoms with Crippen molar-refractivity contribution in [1.29, 1.82) is 0 Å². The van der Waals surface area contributed by atoms with E-state index in [4.69, 9.17) is 9.47 Å². The molecule has 0 bridgehead atoms. The topological polar surface area (TPSA) is 97.0 Å². The molecular formula is C22H23N3O5. The van der Waals surface area contributed by atoms with Crippen molar-refractivity contribution in [2.45, 2.75) is 25.6 Å². The molecule has 156 valence electrons. The zero-order valence-electron chi connectivity index (χ0n) is 16.4. The van der Waals surface area contributed by atoms with Crippen molar-refractivity contribution in [3.8, 4) is 5.75 Å². The quantitative estimate of drug-likeness (QED) is 0.755. The van der Waals surface area contributed by atoms with Crippen LogP contribution < -0.4 is 15.4 Å². The second kappa shape index (κ2) is 8.96. The lowest BCUT2D eigenvalue weighted by molar-refractivity contribution is -0.145. The first-order chi connectivity index (χ1) is 14.6. The van der Waals surface area contributed by atoms with Gasteiger partial charge in [0.1, 0.15) is 5.75 Å². The van der Waals surface area contributed by atoms with Gasteiger partial charge in [-0.25, -0.2) is 0 Å². The molecule has 2 aliphatic rings. The monoisotopic (exact) mass is 409 g/mol. The number of likely N-dealkylation sites (tertiary alicyclic amines) is 1. The number of hydrogen-bond donors (Lipinski definition) is 2. The maximum Gasteiger partial charge on any atom is 0.313 e. The Hall–Kier alpha value is -3.39. The number of rotatable bonds is 4. The maximum atomic E-state index is 12.5. The second-order valence-corrected chi connectivity index (χ2v) is 7.29. The predicted molar refractivity (Wildman–Crippen MR) is 110 cm³/mol. The lowest BCUT2D eigenvalue weighted by atomic mass is 10.1. The molecule has 0 radical (unpaired) electrons. The van der Waals surface area contributed by atoms with Crippen LogP contribution in [0.15, 0.2) is 48.5 Å². The van der Waals surface area contributed by atoms with Crippen LogP contribution >= 0.6 is 0 Å². The Balaban J connectivity index is 1.26. The third kappa shape index (κ3) is 4.77. The number of fused-ring (bicyclic) bond motifs is 1. The third-order valence-electron chi connectivity index (χ3n) is 5.12. The molecule has 4 rings (SSSR count). The first-order valence-electron chi connectivity index (χ1n) is 9.91. The largest absolute Gasteiger partial charge is 0.482 e. The van der Waals surface area contributed by atoms with Gasteiger partial charge in [0.15, 0.2) is 6.61 Å². The average Bonchev–Trinajstić information content (AvgIpc) is 2.78. The average molecular weight is 409 g/mol. The molecule has 2 N–H and O–H groups in total. The Bertz CT molecular complexity index is 939. The van der Waals surface area contributed by atoms with Crippen molar-refractivity contribution in [3.63, 3.8) is 0 Å². The van der Waals surface area contributed by atoms with Crippen LogP contribution in [-0.4, -0.2) is 48.4 Å². The fraction of sp³-hybridized carbons (Fsp3) is 0.318. The summed E-state index contributed by atoms with van der Waals surface area (Å²) in [4.78, 5) is 37.8. The first-order valence-corrected chi connectivity index (χ1v) is 9.91. The third-order valence-corrected chi connectivity index (χ3v) is 5.12. The number of hydrogen-bond acceptors (Lipinski definition) is 5. The highest BCUT2D eigenvalue weighted by molar-refractivity contribution is 6.39. The van der Waals surface area contributed by atoms with E-state index in [0.29, 0.717) is 49.7 Å². The number of amides is 3. The van der Waals surface area contributed by atoms with Gasteiger partial charge in [-0.05, 0) is 30.5 Å². The summed E-state index contributed by atoms with van der Waals surface area (Å²) in [6.07, 6.45) is 1.46. The van der Waals surface area contributed by atoms with Crippen LogP contribution in [0.4, 0.5) is 11.4 Å². The molecule has 0 aliphatic carbocycles. The molecule has 3 amide bonds. The predicted octanol–water partition coefficient (Wildman–Crippen LogP) is 2.16. The molecule has 2 heterocycles. The van der Waals surface area contributed by atoms with Crippen LogP contribution in [0, 0.1) is 0 Å². The van der Waals surface area contributed by atoms with Gasteiger partial charge in [0.2, 0.25) is 0 Å². The first kappa shape index (κ1) is 19.9. The summed E-state index contributed by atoms with van der Waals surface area (Å²) in [6.45, 7) is 1.42. The molecule has 30 heavy (non-hydrogen) atoms. The second-order valence-electron chi connectivity index (χ2n) is 7.29. The number of carbonyl (C=O) groups excluding carboxylic acids is 3. The minimum Gasteiger partial charge on any atom is -0.482 e. The molecule has 2 aromatic carbocycles. The van der Waals surface area contributed by atoms with E-state index < -0.39 is 11.8 Å². The Morgan fingerprint density at radius 3 is 2.67 bits per heavy atom. The van der Waals surface area contributed by atoms with Crippen molar-refractivity contribution < 1.29 is 23.9 Å². The number of benzene rings is 2. The van der Waals surface area contributed by atoms with Crippen LogP contribution in [0.5, 0.6) is 5.75 Å². The van der Waals surface area contributed by atoms with Crippen molar-refractivity contribution in [1.82, 2.24) is 4.90 Å². The van der Waals surface area contributed by atoms with Crippen LogP contribution in [-0.2, 0) is 25.7 Å². The normalized spacial score (nSPS) is 16.3. The van der Waals surface area contributed by atoms with E-state index in [1.807, 2.05) is 30.3 Å². The molecule has 1 saturated heterocycles. The van der Waals surface area contributed by atoms with Crippen LogP contribution in [0.25, 0.3) is 0 Å². The fourth-order valence-electron chi connectivity index (χ4n) is 3.49. The zero-order chi connectivity index (χ0) is 20.9. The van der Waals surface area contributed by atoms with E-state index in [1.165, 1.54) is 0 Å². The summed E-state index contributed by atoms with van der Waals surface area (Å²) in [5, 5.41) is 5.28. The number of ether oxygens (including phenoxy) is 2. The van der Waals surface area contributed by atoms with Gasteiger partial charge in [0.25, 0.3) is 5.91 Å². The van der Waals surface area contributed by atoms with Gasteiger partial charge >= 0.3 is 11.8 Å². The number of carbonyl (C=O) groups is 3. The Kier molecular flexibility index (Phi) is 5.94. The van der Waals surface area contributed by atoms with Crippen LogP contribution in [0.3, 0.4) is 0 Å². The van der Waals surface area contributed by atoms with Gasteiger partial charge in [-0.3, -0.25) is 14.4 Å². The van der Waals surface area contributed by atoms with E-state index in [2.05, 4.69) is 10.6 Å². The van der Waals surface area contributed by atoms with Crippen molar-refractivity contribution in [2.24, 2.45) is 0 Å². The summed E-state index contributed by atoms with van der Waals surface area (Å²) in [5.74, 6) is -1.04. The standard InChI is InChI=1S/C22H23N3O5/c26-20-14-30-19-12-16(6-7-18(19)24-20)23-21(27)22(28)25-10-8-17(9-11-25)29-13-15-4-2-1-3-5-15/h1-7,12,17H,8-11,13-14H2,(H,23,27)(H,24,26). The molecule has 8 nitrogen and oxygen atoms in total. The molecule has 2 aromatic rings. The smallest absolute Gasteiger partial charge is 0.313 e. The van der Waals surface area contributed by atoms with Crippen molar-refractivity contribution in [3.05, 3.63) is 54.1 Å². The summed E-state index contributed by atoms with van der Waals surface area (Å²) >= 11 is 0. The van der Waals surface area contributed by atoms with Gasteiger partial charge in [-0.15, -0.1) is 0 Å². The molecule has 8 heteroatoms. The maximum absolute atomic E-state index is 12.5. The molecule has 0 atom stereocenters. The van der Waals surface area contributed by atoms with E-state index in [-0.39, 0.29) is 18.6 Å². The van der Waals surface area contributed by atoms with Crippen molar-refractivity contribution >= 4 is 29.1 Å². The van der Waals surface area contributed by atoms with Gasteiger partial charge < -0.3 is 25.0 Å². The summed E-state index contributed by atoms with van der Waals surface area (Å²) in [7, 11) is 0. The minimum atomic E-state index is -0.696. The Morgan fingerprint density at radius 1 is 1.13 bits per heavy atom. The van der Waals surface area contributed by atoms with Crippen LogP contribution in [0.2, 0.25) is 0 Å². The highest BCUT2D eigenvalue weighted by Gasteiger charge is 2.28. The summed E-state index contributed by atoms with van der Waals surface area (Å²) < 4.78 is 11.3. The summed E-state index contributed by atoms with van der Waals surface area (Å²) in [5.41, 5.74) is 2.08. The summed E-state index contributed by atoms with van der Waals surface area (Å²) in [6, 6.07) is 14.8. The lowest BCUT2D eigenvalue weighted by Crippen LogP contribution is -2.45. The molecule has 0 unspecified atom stereocenters. The number of anilines is 2. The van der Waals surface area contributed by atoms with E-state index in [1.54, 1.807) is 23.1 Å². The minimum absolute atomic E-state index is 0.0744. The Labute approximate surface area is 174 Å². The molecule has 0 spiro atoms. The zero-order valence-corrected chi connectivity index (χ0v) is 16.4. The van der Waals surface area contributed by atoms with Gasteiger partial charge in [-0.2, -0.15) is 0 Å². The molecule has 1 fully saturated rings. The highest BCUT2D eigenvalue weighted by Crippen LogP contribution is 2.30. The molecule has 2 aliphatic heterocycles. The van der Waals surface area contributed by atoms with Gasteiger partial charge in [0, 0.05) is 24.8 Å². The molecule has 0 saturated carbocycles. The van der Waals surface area contributed by atoms with Gasteiger partial charge in [-0.1, -0.05) is 30.3 Å². The molecule has 0 aromatic heterocycles. The number of piperidine rings is 1. The highest BCUT2D eigenvalue weighted by atomic mass is 16.5. The van der Waals surface area contributed by atoms with E-state index >= 15 is 0 Å². The number of nitrogens with one attached hydrogen (secondary N) is 2. The van der Waals surface area contributed by atoms with Crippen molar-refractivity contribution in [2.75, 3.05) is 30.3 Å². The van der Waals surface area contributed by atoms with E-state index in [9.17, 15) is 14.4 Å². The fourth-order valence-corrected chi connectivity index (χ4v) is 3.49. The number of nitrogens with zero attached hydrogens (tertiary/aromatic N) is 1. The van der Waals surface area contributed by atoms with E-state index in [0.717, 1.165) is 5.56 Å². The Morgan fingerprint density at radius 2 is 1.90 bits per heavy atom. The van der Waals surface area contributed by atoms with Gasteiger partial charge in [0.05, 0.1) is 18.4 Å². The van der Waals surface area contributed by atoms with Crippen LogP contribution in [0.1, 0.15) is 18.4 Å². The lowest BCUT2D eigenvalue weighted by Gasteiger charge is -2.31. The SMILES string of the molecule is O=C1COc2cc(NC(=O)C(=O)N3CCC(OCc4ccccc4)CC3)ccc2N1.